The molecule has 2 aromatic carbocycles. The van der Waals surface area contributed by atoms with Gasteiger partial charge in [0, 0.05) is 29.3 Å². The molecule has 7 nitrogen and oxygen atoms in total. The summed E-state index contributed by atoms with van der Waals surface area (Å²) in [5, 5.41) is 7.63. The van der Waals surface area contributed by atoms with E-state index in [1.165, 1.54) is 17.5 Å². The third-order valence-electron chi connectivity index (χ3n) is 4.82. The second kappa shape index (κ2) is 8.44. The van der Waals surface area contributed by atoms with Crippen LogP contribution in [-0.2, 0) is 0 Å². The Balaban J connectivity index is 1.32. The Kier molecular flexibility index (Phi) is 5.19. The first-order valence-corrected chi connectivity index (χ1v) is 10.7. The van der Waals surface area contributed by atoms with E-state index in [4.69, 9.17) is 0 Å². The molecular formula is C24H17N5O2S. The zero-order valence-corrected chi connectivity index (χ0v) is 17.5. The molecule has 0 spiro atoms. The Labute approximate surface area is 187 Å². The average Bonchev–Trinajstić information content (AvgIpc) is 3.50. The number of amides is 2. The molecule has 0 aliphatic rings. The lowest BCUT2D eigenvalue weighted by Gasteiger charge is -2.04. The normalized spacial score (nSPS) is 10.8. The number of imidazole rings is 1. The average molecular weight is 440 g/mol. The van der Waals surface area contributed by atoms with Gasteiger partial charge >= 0.3 is 0 Å². The lowest BCUT2D eigenvalue weighted by atomic mass is 10.2. The number of hydrogen-bond acceptors (Lipinski definition) is 5. The molecule has 0 aliphatic heterocycles. The molecule has 0 atom stereocenters. The molecule has 0 aliphatic carbocycles. The molecule has 3 N–H and O–H groups in total. The van der Waals surface area contributed by atoms with Gasteiger partial charge in [0.05, 0.1) is 21.5 Å². The van der Waals surface area contributed by atoms with Gasteiger partial charge in [0.2, 0.25) is 0 Å². The van der Waals surface area contributed by atoms with E-state index in [1.54, 1.807) is 24.4 Å². The highest BCUT2D eigenvalue weighted by Gasteiger charge is 2.10. The maximum atomic E-state index is 12.4. The summed E-state index contributed by atoms with van der Waals surface area (Å²) in [5.41, 5.74) is 4.34. The van der Waals surface area contributed by atoms with Crippen molar-refractivity contribution in [3.8, 4) is 11.4 Å². The number of aromatic nitrogens is 3. The lowest BCUT2D eigenvalue weighted by Crippen LogP contribution is -2.11. The summed E-state index contributed by atoms with van der Waals surface area (Å²) >= 11 is 1.40. The van der Waals surface area contributed by atoms with E-state index in [0.29, 0.717) is 27.6 Å². The van der Waals surface area contributed by atoms with Crippen molar-refractivity contribution in [1.29, 1.82) is 0 Å². The number of hydrogen-bond donors (Lipinski definition) is 3. The number of nitrogens with one attached hydrogen (secondary N) is 3. The first-order chi connectivity index (χ1) is 15.7. The molecule has 5 aromatic rings. The number of aromatic amines is 1. The fourth-order valence-electron chi connectivity index (χ4n) is 3.24. The second-order valence-corrected chi connectivity index (χ2v) is 7.97. The van der Waals surface area contributed by atoms with E-state index < -0.39 is 0 Å². The molecule has 32 heavy (non-hydrogen) atoms. The molecule has 3 aromatic heterocycles. The van der Waals surface area contributed by atoms with Gasteiger partial charge in [0.1, 0.15) is 5.82 Å². The van der Waals surface area contributed by atoms with Crippen LogP contribution in [0.15, 0.2) is 84.5 Å². The first-order valence-electron chi connectivity index (χ1n) is 9.82. The van der Waals surface area contributed by atoms with Crippen molar-refractivity contribution in [3.63, 3.8) is 0 Å². The number of thiophene rings is 1. The zero-order valence-electron chi connectivity index (χ0n) is 16.7. The number of H-pyrrole nitrogens is 1. The SMILES string of the molecule is O=C(Nc1ccc2nc(-c3ccc(NC(=O)c4cccs4)cc3)[nH]c2c1)c1cccnc1. The van der Waals surface area contributed by atoms with Crippen LogP contribution in [0.3, 0.4) is 0 Å². The number of benzene rings is 2. The molecule has 2 amide bonds. The number of nitrogens with zero attached hydrogens (tertiary/aromatic N) is 2. The van der Waals surface area contributed by atoms with Crippen molar-refractivity contribution in [2.24, 2.45) is 0 Å². The van der Waals surface area contributed by atoms with Crippen LogP contribution in [0.2, 0.25) is 0 Å². The largest absolute Gasteiger partial charge is 0.338 e. The van der Waals surface area contributed by atoms with Gasteiger partial charge in [-0.3, -0.25) is 14.6 Å². The van der Waals surface area contributed by atoms with Gasteiger partial charge in [-0.15, -0.1) is 11.3 Å². The van der Waals surface area contributed by atoms with E-state index in [0.717, 1.165) is 16.6 Å². The smallest absolute Gasteiger partial charge is 0.265 e. The Bertz CT molecular complexity index is 1390. The summed E-state index contributed by atoms with van der Waals surface area (Å²) < 4.78 is 0. The predicted octanol–water partition coefficient (Wildman–Crippen LogP) is 5.19. The van der Waals surface area contributed by atoms with Gasteiger partial charge in [-0.25, -0.2) is 4.98 Å². The first kappa shape index (κ1) is 19.7. The number of anilines is 2. The van der Waals surface area contributed by atoms with Crippen molar-refractivity contribution in [1.82, 2.24) is 15.0 Å². The van der Waals surface area contributed by atoms with E-state index in [-0.39, 0.29) is 11.8 Å². The van der Waals surface area contributed by atoms with Crippen LogP contribution in [0, 0.1) is 0 Å². The molecule has 0 saturated carbocycles. The minimum absolute atomic E-state index is 0.127. The Morgan fingerprint density at radius 1 is 0.875 bits per heavy atom. The van der Waals surface area contributed by atoms with Crippen LogP contribution in [0.5, 0.6) is 0 Å². The minimum Gasteiger partial charge on any atom is -0.338 e. The quantitative estimate of drug-likeness (QED) is 0.351. The van der Waals surface area contributed by atoms with Crippen molar-refractivity contribution < 1.29 is 9.59 Å². The maximum Gasteiger partial charge on any atom is 0.265 e. The summed E-state index contributed by atoms with van der Waals surface area (Å²) in [6, 6.07) is 20.0. The molecule has 0 radical (unpaired) electrons. The van der Waals surface area contributed by atoms with Gasteiger partial charge in [0.25, 0.3) is 11.8 Å². The van der Waals surface area contributed by atoms with Crippen LogP contribution >= 0.6 is 11.3 Å². The summed E-state index contributed by atoms with van der Waals surface area (Å²) in [7, 11) is 0. The Hall–Kier alpha value is -4.30. The van der Waals surface area contributed by atoms with Crippen LogP contribution in [0.25, 0.3) is 22.4 Å². The van der Waals surface area contributed by atoms with Crippen molar-refractivity contribution in [3.05, 3.63) is 94.9 Å². The summed E-state index contributed by atoms with van der Waals surface area (Å²) in [4.78, 5) is 37.1. The number of carbonyl (C=O) groups excluding carboxylic acids is 2. The van der Waals surface area contributed by atoms with E-state index >= 15 is 0 Å². The molecule has 0 saturated heterocycles. The summed E-state index contributed by atoms with van der Waals surface area (Å²) in [6.07, 6.45) is 3.15. The molecule has 0 bridgehead atoms. The number of rotatable bonds is 5. The lowest BCUT2D eigenvalue weighted by molar-refractivity contribution is 0.102. The van der Waals surface area contributed by atoms with Gasteiger partial charge in [-0.05, 0) is 66.0 Å². The molecule has 156 valence electrons. The summed E-state index contributed by atoms with van der Waals surface area (Å²) in [5.74, 6) is 0.349. The fourth-order valence-corrected chi connectivity index (χ4v) is 3.86. The number of carbonyl (C=O) groups is 2. The third kappa shape index (κ3) is 4.12. The fraction of sp³-hybridized carbons (Fsp3) is 0. The van der Waals surface area contributed by atoms with Gasteiger partial charge < -0.3 is 15.6 Å². The van der Waals surface area contributed by atoms with Gasteiger partial charge in [-0.2, -0.15) is 0 Å². The molecule has 0 unspecified atom stereocenters. The highest BCUT2D eigenvalue weighted by molar-refractivity contribution is 7.12. The second-order valence-electron chi connectivity index (χ2n) is 7.02. The highest BCUT2D eigenvalue weighted by Crippen LogP contribution is 2.24. The van der Waals surface area contributed by atoms with Crippen molar-refractivity contribution in [2.45, 2.75) is 0 Å². The predicted molar refractivity (Wildman–Crippen MR) is 126 cm³/mol. The van der Waals surface area contributed by atoms with Gasteiger partial charge in [0.15, 0.2) is 0 Å². The topological polar surface area (TPSA) is 99.8 Å². The highest BCUT2D eigenvalue weighted by atomic mass is 32.1. The van der Waals surface area contributed by atoms with E-state index in [9.17, 15) is 9.59 Å². The maximum absolute atomic E-state index is 12.4. The van der Waals surface area contributed by atoms with Crippen molar-refractivity contribution in [2.75, 3.05) is 10.6 Å². The molecule has 0 fully saturated rings. The van der Waals surface area contributed by atoms with Crippen molar-refractivity contribution >= 4 is 45.6 Å². The van der Waals surface area contributed by atoms with Gasteiger partial charge in [-0.1, -0.05) is 6.07 Å². The zero-order chi connectivity index (χ0) is 21.9. The van der Waals surface area contributed by atoms with Crippen LogP contribution in [0.1, 0.15) is 20.0 Å². The van der Waals surface area contributed by atoms with E-state index in [1.807, 2.05) is 53.9 Å². The van der Waals surface area contributed by atoms with Crippen LogP contribution in [-0.4, -0.2) is 26.8 Å². The minimum atomic E-state index is -0.225. The standard InChI is InChI=1S/C24H17N5O2S/c30-23(16-3-1-11-25-14-16)27-18-9-10-19-20(13-18)29-22(28-19)15-5-7-17(8-6-15)26-24(31)21-4-2-12-32-21/h1-14H,(H,26,31)(H,27,30)(H,28,29). The number of fused-ring (bicyclic) bond motifs is 1. The Morgan fingerprint density at radius 3 is 2.44 bits per heavy atom. The third-order valence-corrected chi connectivity index (χ3v) is 5.69. The molecule has 5 rings (SSSR count). The van der Waals surface area contributed by atoms with E-state index in [2.05, 4.69) is 25.6 Å². The molecule has 3 heterocycles. The Morgan fingerprint density at radius 2 is 1.69 bits per heavy atom. The van der Waals surface area contributed by atoms with Crippen LogP contribution in [0.4, 0.5) is 11.4 Å². The van der Waals surface area contributed by atoms with Crippen LogP contribution < -0.4 is 10.6 Å². The monoisotopic (exact) mass is 439 g/mol. The molecular weight excluding hydrogens is 422 g/mol. The summed E-state index contributed by atoms with van der Waals surface area (Å²) in [6.45, 7) is 0. The molecule has 8 heteroatoms. The number of pyridine rings is 1.